The van der Waals surface area contributed by atoms with E-state index in [4.69, 9.17) is 9.47 Å². The minimum Gasteiger partial charge on any atom is -0.465 e. The molecule has 0 spiro atoms. The number of carbonyl (C=O) groups excluding carboxylic acids is 2. The smallest absolute Gasteiger partial charge is 0.337 e. The molecule has 0 saturated carbocycles. The van der Waals surface area contributed by atoms with Crippen LogP contribution in [0.4, 0.5) is 0 Å². The number of esters is 2. The Kier molecular flexibility index (Phi) is 4.29. The Labute approximate surface area is 108 Å². The number of carbonyl (C=O) groups is 2. The van der Waals surface area contributed by atoms with Crippen LogP contribution < -0.4 is 5.19 Å². The molecular weight excluding hydrogens is 248 g/mol. The summed E-state index contributed by atoms with van der Waals surface area (Å²) < 4.78 is 9.46. The van der Waals surface area contributed by atoms with Gasteiger partial charge in [0.15, 0.2) is 0 Å². The van der Waals surface area contributed by atoms with Crippen LogP contribution in [0.2, 0.25) is 19.6 Å². The fourth-order valence-corrected chi connectivity index (χ4v) is 3.28. The van der Waals surface area contributed by atoms with Crippen LogP contribution in [0, 0.1) is 0 Å². The van der Waals surface area contributed by atoms with E-state index >= 15 is 0 Å². The minimum atomic E-state index is -1.76. The zero-order valence-corrected chi connectivity index (χ0v) is 12.4. The number of hydrogen-bond acceptors (Lipinski definition) is 4. The summed E-state index contributed by atoms with van der Waals surface area (Å²) in [5.41, 5.74) is 0.992. The maximum Gasteiger partial charge on any atom is 0.337 e. The Balaban J connectivity index is 3.39. The predicted octanol–water partition coefficient (Wildman–Crippen LogP) is 1.80. The summed E-state index contributed by atoms with van der Waals surface area (Å²) in [6.45, 7) is 6.32. The van der Waals surface area contributed by atoms with Gasteiger partial charge in [0, 0.05) is 0 Å². The molecule has 0 bridgehead atoms. The molecule has 0 unspecified atom stereocenters. The lowest BCUT2D eigenvalue weighted by Gasteiger charge is -2.20. The molecule has 0 saturated heterocycles. The van der Waals surface area contributed by atoms with Crippen molar-refractivity contribution in [3.63, 3.8) is 0 Å². The summed E-state index contributed by atoms with van der Waals surface area (Å²) in [6.07, 6.45) is 0. The Morgan fingerprint density at radius 1 is 1.00 bits per heavy atom. The summed E-state index contributed by atoms with van der Waals surface area (Å²) in [5, 5.41) is 0.900. The van der Waals surface area contributed by atoms with E-state index in [-0.39, 0.29) is 5.97 Å². The van der Waals surface area contributed by atoms with Crippen molar-refractivity contribution < 1.29 is 19.1 Å². The largest absolute Gasteiger partial charge is 0.465 e. The van der Waals surface area contributed by atoms with Crippen LogP contribution in [0.5, 0.6) is 0 Å². The van der Waals surface area contributed by atoms with Crippen LogP contribution in [0.3, 0.4) is 0 Å². The van der Waals surface area contributed by atoms with E-state index in [1.807, 2.05) is 0 Å². The summed E-state index contributed by atoms with van der Waals surface area (Å²) in [4.78, 5) is 23.2. The molecule has 0 N–H and O–H groups in total. The first-order valence-corrected chi connectivity index (χ1v) is 9.12. The molecule has 1 rings (SSSR count). The van der Waals surface area contributed by atoms with Crippen molar-refractivity contribution in [2.75, 3.05) is 14.2 Å². The van der Waals surface area contributed by atoms with Gasteiger partial charge in [0.05, 0.1) is 33.4 Å². The molecule has 4 nitrogen and oxygen atoms in total. The molecule has 0 atom stereocenters. The van der Waals surface area contributed by atoms with Gasteiger partial charge in [-0.15, -0.1) is 0 Å². The summed E-state index contributed by atoms with van der Waals surface area (Å²) in [7, 11) is 0.934. The standard InChI is InChI=1S/C13H18O4Si/c1-16-12(14)9-6-7-10(13(15)17-2)11(8-9)18(3,4)5/h6-8H,1-5H3. The highest BCUT2D eigenvalue weighted by Crippen LogP contribution is 2.12. The van der Waals surface area contributed by atoms with Gasteiger partial charge >= 0.3 is 11.9 Å². The molecule has 0 aliphatic carbocycles. The maximum absolute atomic E-state index is 11.7. The van der Waals surface area contributed by atoms with Gasteiger partial charge in [0.25, 0.3) is 0 Å². The van der Waals surface area contributed by atoms with Crippen LogP contribution >= 0.6 is 0 Å². The average Bonchev–Trinajstić information content (AvgIpc) is 2.35. The molecule has 98 valence electrons. The summed E-state index contributed by atoms with van der Waals surface area (Å²) in [6, 6.07) is 4.96. The quantitative estimate of drug-likeness (QED) is 0.618. The molecular formula is C13H18O4Si. The van der Waals surface area contributed by atoms with Crippen molar-refractivity contribution >= 4 is 25.2 Å². The second kappa shape index (κ2) is 5.35. The van der Waals surface area contributed by atoms with E-state index in [9.17, 15) is 9.59 Å². The third-order valence-electron chi connectivity index (χ3n) is 2.65. The molecule has 0 radical (unpaired) electrons. The van der Waals surface area contributed by atoms with Gasteiger partial charge in [0.1, 0.15) is 0 Å². The third-order valence-corrected chi connectivity index (χ3v) is 4.68. The van der Waals surface area contributed by atoms with Crippen LogP contribution in [-0.4, -0.2) is 34.2 Å². The van der Waals surface area contributed by atoms with E-state index in [1.165, 1.54) is 14.2 Å². The van der Waals surface area contributed by atoms with Crippen molar-refractivity contribution in [2.45, 2.75) is 19.6 Å². The molecule has 0 aliphatic heterocycles. The summed E-state index contributed by atoms with van der Waals surface area (Å²) in [5.74, 6) is -0.769. The lowest BCUT2D eigenvalue weighted by atomic mass is 10.1. The first-order valence-electron chi connectivity index (χ1n) is 5.62. The molecule has 18 heavy (non-hydrogen) atoms. The van der Waals surface area contributed by atoms with Gasteiger partial charge in [-0.3, -0.25) is 0 Å². The Bertz CT molecular complexity index is 474. The number of rotatable bonds is 3. The zero-order valence-electron chi connectivity index (χ0n) is 11.4. The van der Waals surface area contributed by atoms with Crippen molar-refractivity contribution in [1.29, 1.82) is 0 Å². The van der Waals surface area contributed by atoms with Crippen molar-refractivity contribution in [3.8, 4) is 0 Å². The van der Waals surface area contributed by atoms with Gasteiger partial charge in [-0.1, -0.05) is 19.6 Å². The second-order valence-electron chi connectivity index (χ2n) is 4.99. The molecule has 1 aromatic carbocycles. The van der Waals surface area contributed by atoms with Crippen molar-refractivity contribution in [2.24, 2.45) is 0 Å². The Morgan fingerprint density at radius 2 is 1.56 bits per heavy atom. The monoisotopic (exact) mass is 266 g/mol. The highest BCUT2D eigenvalue weighted by molar-refractivity contribution is 6.89. The Hall–Kier alpha value is -1.62. The van der Waals surface area contributed by atoms with E-state index in [0.29, 0.717) is 11.1 Å². The SMILES string of the molecule is COC(=O)c1ccc(C(=O)OC)c([Si](C)(C)C)c1. The maximum atomic E-state index is 11.7. The number of ether oxygens (including phenoxy) is 2. The predicted molar refractivity (Wildman–Crippen MR) is 72.1 cm³/mol. The highest BCUT2D eigenvalue weighted by Gasteiger charge is 2.25. The fourth-order valence-electron chi connectivity index (χ4n) is 1.70. The van der Waals surface area contributed by atoms with Gasteiger partial charge in [-0.25, -0.2) is 9.59 Å². The number of hydrogen-bond donors (Lipinski definition) is 0. The fraction of sp³-hybridized carbons (Fsp3) is 0.385. The average molecular weight is 266 g/mol. The van der Waals surface area contributed by atoms with Gasteiger partial charge < -0.3 is 9.47 Å². The normalized spacial score (nSPS) is 10.9. The molecule has 5 heteroatoms. The highest BCUT2D eigenvalue weighted by atomic mass is 28.3. The minimum absolute atomic E-state index is 0.371. The number of methoxy groups -OCH3 is 2. The molecule has 0 aromatic heterocycles. The lowest BCUT2D eigenvalue weighted by Crippen LogP contribution is -2.42. The van der Waals surface area contributed by atoms with Crippen molar-refractivity contribution in [3.05, 3.63) is 29.3 Å². The topological polar surface area (TPSA) is 52.6 Å². The third kappa shape index (κ3) is 2.98. The lowest BCUT2D eigenvalue weighted by molar-refractivity contribution is 0.0588. The first-order chi connectivity index (χ1) is 8.31. The van der Waals surface area contributed by atoms with Crippen LogP contribution in [0.25, 0.3) is 0 Å². The second-order valence-corrected chi connectivity index (χ2v) is 10.0. The zero-order chi connectivity index (χ0) is 13.9. The van der Waals surface area contributed by atoms with Crippen molar-refractivity contribution in [1.82, 2.24) is 0 Å². The van der Waals surface area contributed by atoms with Crippen LogP contribution in [-0.2, 0) is 9.47 Å². The molecule has 0 amide bonds. The molecule has 0 heterocycles. The Morgan fingerprint density at radius 3 is 2.00 bits per heavy atom. The molecule has 0 fully saturated rings. The first kappa shape index (κ1) is 14.4. The summed E-state index contributed by atoms with van der Waals surface area (Å²) >= 11 is 0. The van der Waals surface area contributed by atoms with Gasteiger partial charge in [-0.05, 0) is 23.4 Å². The van der Waals surface area contributed by atoms with E-state index in [2.05, 4.69) is 19.6 Å². The van der Waals surface area contributed by atoms with E-state index in [1.54, 1.807) is 18.2 Å². The molecule has 0 aliphatic rings. The van der Waals surface area contributed by atoms with Gasteiger partial charge in [0.2, 0.25) is 0 Å². The number of benzene rings is 1. The van der Waals surface area contributed by atoms with E-state index < -0.39 is 14.0 Å². The molecule has 1 aromatic rings. The van der Waals surface area contributed by atoms with E-state index in [0.717, 1.165) is 5.19 Å². The van der Waals surface area contributed by atoms with Crippen LogP contribution in [0.15, 0.2) is 18.2 Å². The van der Waals surface area contributed by atoms with Crippen LogP contribution in [0.1, 0.15) is 20.7 Å². The van der Waals surface area contributed by atoms with Gasteiger partial charge in [-0.2, -0.15) is 0 Å².